The first-order valence-electron chi connectivity index (χ1n) is 11.2. The van der Waals surface area contributed by atoms with Gasteiger partial charge in [-0.1, -0.05) is 26.0 Å². The topological polar surface area (TPSA) is 59.1 Å². The SMILES string of the molecule is COc1ccccc1OC[C@H]1c2ccsc2CCN1C(=O)CN(C(=O)CC(C)C)C(C)C. The van der Waals surface area contributed by atoms with Crippen molar-refractivity contribution in [3.63, 3.8) is 0 Å². The molecule has 6 nitrogen and oxygen atoms in total. The van der Waals surface area contributed by atoms with Crippen LogP contribution in [0, 0.1) is 5.92 Å². The molecule has 1 aromatic carbocycles. The molecule has 0 unspecified atom stereocenters. The van der Waals surface area contributed by atoms with E-state index in [1.807, 2.05) is 56.9 Å². The van der Waals surface area contributed by atoms with Gasteiger partial charge in [0.05, 0.1) is 19.7 Å². The van der Waals surface area contributed by atoms with Crippen molar-refractivity contribution >= 4 is 23.2 Å². The molecule has 2 amide bonds. The van der Waals surface area contributed by atoms with Gasteiger partial charge in [-0.3, -0.25) is 9.59 Å². The zero-order valence-corrected chi connectivity index (χ0v) is 20.5. The quantitative estimate of drug-likeness (QED) is 0.553. The number of fused-ring (bicyclic) bond motifs is 1. The molecule has 0 radical (unpaired) electrons. The summed E-state index contributed by atoms with van der Waals surface area (Å²) >= 11 is 1.72. The monoisotopic (exact) mass is 458 g/mol. The molecule has 7 heteroatoms. The summed E-state index contributed by atoms with van der Waals surface area (Å²) in [5.41, 5.74) is 1.13. The van der Waals surface area contributed by atoms with E-state index in [0.29, 0.717) is 31.1 Å². The number of hydrogen-bond acceptors (Lipinski definition) is 5. The van der Waals surface area contributed by atoms with E-state index in [1.165, 1.54) is 4.88 Å². The van der Waals surface area contributed by atoms with Crippen molar-refractivity contribution in [2.24, 2.45) is 5.92 Å². The lowest BCUT2D eigenvalue weighted by Crippen LogP contribution is -2.49. The van der Waals surface area contributed by atoms with Gasteiger partial charge in [-0.05, 0) is 55.3 Å². The highest BCUT2D eigenvalue weighted by molar-refractivity contribution is 7.10. The minimum absolute atomic E-state index is 0.0263. The highest BCUT2D eigenvalue weighted by Gasteiger charge is 2.34. The number of methoxy groups -OCH3 is 1. The smallest absolute Gasteiger partial charge is 0.242 e. The Morgan fingerprint density at radius 1 is 1.16 bits per heavy atom. The van der Waals surface area contributed by atoms with Crippen molar-refractivity contribution < 1.29 is 19.1 Å². The van der Waals surface area contributed by atoms with Crippen LogP contribution in [0.15, 0.2) is 35.7 Å². The maximum Gasteiger partial charge on any atom is 0.242 e. The molecule has 0 saturated heterocycles. The van der Waals surface area contributed by atoms with Gasteiger partial charge < -0.3 is 19.3 Å². The second-order valence-corrected chi connectivity index (χ2v) is 9.83. The standard InChI is InChI=1S/C25H34N2O4S/c1-17(2)14-24(28)27(18(3)4)15-25(29)26-12-10-23-19(11-13-32-23)20(26)16-31-22-9-7-6-8-21(22)30-5/h6-9,11,13,17-18,20H,10,12,14-16H2,1-5H3/t20-/m0/s1. The van der Waals surface area contributed by atoms with Gasteiger partial charge in [-0.25, -0.2) is 0 Å². The third kappa shape index (κ3) is 5.63. The number of ether oxygens (including phenoxy) is 2. The molecule has 174 valence electrons. The van der Waals surface area contributed by atoms with Crippen molar-refractivity contribution in [1.29, 1.82) is 0 Å². The van der Waals surface area contributed by atoms with Gasteiger partial charge in [0, 0.05) is 23.9 Å². The van der Waals surface area contributed by atoms with E-state index in [4.69, 9.17) is 9.47 Å². The van der Waals surface area contributed by atoms with E-state index in [2.05, 4.69) is 11.4 Å². The first kappa shape index (κ1) is 24.1. The van der Waals surface area contributed by atoms with Gasteiger partial charge in [0.15, 0.2) is 11.5 Å². The zero-order chi connectivity index (χ0) is 23.3. The van der Waals surface area contributed by atoms with E-state index in [1.54, 1.807) is 23.3 Å². The summed E-state index contributed by atoms with van der Waals surface area (Å²) in [5, 5.41) is 2.07. The Balaban J connectivity index is 1.78. The zero-order valence-electron chi connectivity index (χ0n) is 19.7. The molecular formula is C25H34N2O4S. The van der Waals surface area contributed by atoms with Crippen LogP contribution >= 0.6 is 11.3 Å². The summed E-state index contributed by atoms with van der Waals surface area (Å²) in [4.78, 5) is 31.1. The largest absolute Gasteiger partial charge is 0.493 e. The Bertz CT molecular complexity index is 924. The minimum Gasteiger partial charge on any atom is -0.493 e. The second kappa shape index (κ2) is 10.9. The third-order valence-corrected chi connectivity index (χ3v) is 6.71. The molecule has 1 aromatic heterocycles. The van der Waals surface area contributed by atoms with Crippen LogP contribution in [0.4, 0.5) is 0 Å². The average molecular weight is 459 g/mol. The van der Waals surface area contributed by atoms with Crippen LogP contribution in [0.25, 0.3) is 0 Å². The molecule has 0 fully saturated rings. The average Bonchev–Trinajstić information content (AvgIpc) is 3.24. The Hall–Kier alpha value is -2.54. The lowest BCUT2D eigenvalue weighted by molar-refractivity contribution is -0.144. The van der Waals surface area contributed by atoms with Gasteiger partial charge in [0.1, 0.15) is 6.61 Å². The molecule has 0 saturated carbocycles. The predicted molar refractivity (Wildman–Crippen MR) is 127 cm³/mol. The Morgan fingerprint density at radius 2 is 1.88 bits per heavy atom. The number of nitrogens with zero attached hydrogens (tertiary/aromatic N) is 2. The predicted octanol–water partition coefficient (Wildman–Crippen LogP) is 4.54. The fourth-order valence-electron chi connectivity index (χ4n) is 4.04. The van der Waals surface area contributed by atoms with Gasteiger partial charge in [0.2, 0.25) is 11.8 Å². The maximum atomic E-state index is 13.4. The molecule has 0 bridgehead atoms. The van der Waals surface area contributed by atoms with Crippen LogP contribution < -0.4 is 9.47 Å². The van der Waals surface area contributed by atoms with Gasteiger partial charge >= 0.3 is 0 Å². The van der Waals surface area contributed by atoms with E-state index in [9.17, 15) is 9.59 Å². The maximum absolute atomic E-state index is 13.4. The van der Waals surface area contributed by atoms with E-state index in [-0.39, 0.29) is 36.4 Å². The molecule has 1 atom stereocenters. The van der Waals surface area contributed by atoms with E-state index in [0.717, 1.165) is 12.0 Å². The number of rotatable bonds is 9. The number of para-hydroxylation sites is 2. The Kier molecular flexibility index (Phi) is 8.18. The first-order chi connectivity index (χ1) is 15.3. The van der Waals surface area contributed by atoms with Crippen molar-refractivity contribution in [2.75, 3.05) is 26.8 Å². The summed E-state index contributed by atoms with van der Waals surface area (Å²) in [6.45, 7) is 9.00. The molecule has 2 heterocycles. The van der Waals surface area contributed by atoms with Crippen LogP contribution in [0.1, 0.15) is 50.6 Å². The highest BCUT2D eigenvalue weighted by Crippen LogP contribution is 2.35. The molecule has 1 aliphatic heterocycles. The molecule has 0 N–H and O–H groups in total. The number of hydrogen-bond donors (Lipinski definition) is 0. The lowest BCUT2D eigenvalue weighted by Gasteiger charge is -2.38. The normalized spacial score (nSPS) is 15.6. The Morgan fingerprint density at radius 3 is 2.53 bits per heavy atom. The van der Waals surface area contributed by atoms with Crippen LogP contribution in [0.3, 0.4) is 0 Å². The number of benzene rings is 1. The number of thiophene rings is 1. The summed E-state index contributed by atoms with van der Waals surface area (Å²) in [7, 11) is 1.62. The van der Waals surface area contributed by atoms with E-state index < -0.39 is 0 Å². The molecule has 2 aromatic rings. The molecule has 3 rings (SSSR count). The molecule has 0 aliphatic carbocycles. The fourth-order valence-corrected chi connectivity index (χ4v) is 4.97. The van der Waals surface area contributed by atoms with E-state index >= 15 is 0 Å². The van der Waals surface area contributed by atoms with Crippen LogP contribution in [-0.4, -0.2) is 54.5 Å². The minimum atomic E-state index is -0.198. The van der Waals surface area contributed by atoms with Crippen molar-refractivity contribution in [2.45, 2.75) is 52.6 Å². The summed E-state index contributed by atoms with van der Waals surface area (Å²) < 4.78 is 11.5. The second-order valence-electron chi connectivity index (χ2n) is 8.83. The number of carbonyl (C=O) groups excluding carboxylic acids is 2. The van der Waals surface area contributed by atoms with Crippen molar-refractivity contribution in [1.82, 2.24) is 9.80 Å². The molecular weight excluding hydrogens is 424 g/mol. The molecule has 0 spiro atoms. The fraction of sp³-hybridized carbons (Fsp3) is 0.520. The first-order valence-corrected chi connectivity index (χ1v) is 12.1. The van der Waals surface area contributed by atoms with Crippen molar-refractivity contribution in [3.8, 4) is 11.5 Å². The molecule has 32 heavy (non-hydrogen) atoms. The highest BCUT2D eigenvalue weighted by atomic mass is 32.1. The van der Waals surface area contributed by atoms with Crippen LogP contribution in [0.5, 0.6) is 11.5 Å². The van der Waals surface area contributed by atoms with Gasteiger partial charge in [0.25, 0.3) is 0 Å². The number of carbonyl (C=O) groups is 2. The van der Waals surface area contributed by atoms with Crippen LogP contribution in [0.2, 0.25) is 0 Å². The Labute approximate surface area is 195 Å². The number of amides is 2. The summed E-state index contributed by atoms with van der Waals surface area (Å²) in [5.74, 6) is 1.56. The molecule has 1 aliphatic rings. The summed E-state index contributed by atoms with van der Waals surface area (Å²) in [6.07, 6.45) is 1.27. The lowest BCUT2D eigenvalue weighted by atomic mass is 10.00. The van der Waals surface area contributed by atoms with Crippen molar-refractivity contribution in [3.05, 3.63) is 46.2 Å². The summed E-state index contributed by atoms with van der Waals surface area (Å²) in [6, 6.07) is 9.38. The van der Waals surface area contributed by atoms with Gasteiger partial charge in [-0.15, -0.1) is 11.3 Å². The van der Waals surface area contributed by atoms with Crippen LogP contribution in [-0.2, 0) is 16.0 Å². The van der Waals surface area contributed by atoms with Gasteiger partial charge in [-0.2, -0.15) is 0 Å². The third-order valence-electron chi connectivity index (χ3n) is 5.71.